The van der Waals surface area contributed by atoms with Crippen LogP contribution in [0.25, 0.3) is 0 Å². The summed E-state index contributed by atoms with van der Waals surface area (Å²) in [6.07, 6.45) is 1.75. The van der Waals surface area contributed by atoms with Gasteiger partial charge in [0.1, 0.15) is 5.75 Å². The number of likely N-dealkylation sites (tertiary alicyclic amines) is 1. The Bertz CT molecular complexity index is 439. The minimum Gasteiger partial charge on any atom is -0.497 e. The average molecular weight is 292 g/mol. The van der Waals surface area contributed by atoms with Crippen LogP contribution in [0.15, 0.2) is 24.3 Å². The highest BCUT2D eigenvalue weighted by molar-refractivity contribution is 5.67. The number of benzene rings is 1. The first-order chi connectivity index (χ1) is 10.2. The van der Waals surface area contributed by atoms with Gasteiger partial charge in [-0.2, -0.15) is 0 Å². The molecule has 0 atom stereocenters. The number of hydrogen-bond donors (Lipinski definition) is 1. The number of hydrogen-bond acceptors (Lipinski definition) is 4. The first-order valence-corrected chi connectivity index (χ1v) is 7.51. The van der Waals surface area contributed by atoms with Gasteiger partial charge in [-0.25, -0.2) is 4.79 Å². The van der Waals surface area contributed by atoms with Crippen molar-refractivity contribution in [2.75, 3.05) is 26.8 Å². The van der Waals surface area contributed by atoms with Crippen LogP contribution in [0.2, 0.25) is 0 Å². The second-order valence-corrected chi connectivity index (χ2v) is 5.19. The van der Waals surface area contributed by atoms with Crippen molar-refractivity contribution >= 4 is 6.09 Å². The van der Waals surface area contributed by atoms with Crippen LogP contribution in [0.4, 0.5) is 4.79 Å². The van der Waals surface area contributed by atoms with Gasteiger partial charge in [0, 0.05) is 25.7 Å². The second kappa shape index (κ2) is 7.88. The Kier molecular flexibility index (Phi) is 5.87. The zero-order chi connectivity index (χ0) is 15.1. The van der Waals surface area contributed by atoms with Gasteiger partial charge in [0.2, 0.25) is 0 Å². The summed E-state index contributed by atoms with van der Waals surface area (Å²) in [4.78, 5) is 13.4. The molecular formula is C16H24N2O3. The summed E-state index contributed by atoms with van der Waals surface area (Å²) in [6.45, 7) is 4.64. The molecule has 1 heterocycles. The lowest BCUT2D eigenvalue weighted by atomic mass is 10.0. The maximum absolute atomic E-state index is 11.6. The van der Waals surface area contributed by atoms with Crippen molar-refractivity contribution in [2.24, 2.45) is 0 Å². The average Bonchev–Trinajstić information content (AvgIpc) is 2.54. The van der Waals surface area contributed by atoms with Gasteiger partial charge < -0.3 is 19.7 Å². The summed E-state index contributed by atoms with van der Waals surface area (Å²) in [6, 6.07) is 8.54. The van der Waals surface area contributed by atoms with Crippen LogP contribution in [-0.2, 0) is 11.3 Å². The van der Waals surface area contributed by atoms with E-state index in [1.54, 1.807) is 12.0 Å². The van der Waals surface area contributed by atoms with Gasteiger partial charge in [0.05, 0.1) is 13.7 Å². The molecule has 1 N–H and O–H groups in total. The van der Waals surface area contributed by atoms with Gasteiger partial charge >= 0.3 is 6.09 Å². The molecule has 2 rings (SSSR count). The number of carbonyl (C=O) groups excluding carboxylic acids is 1. The third-order valence-electron chi connectivity index (χ3n) is 3.77. The van der Waals surface area contributed by atoms with Crippen molar-refractivity contribution < 1.29 is 14.3 Å². The number of rotatable bonds is 5. The van der Waals surface area contributed by atoms with Crippen LogP contribution in [0.3, 0.4) is 0 Å². The summed E-state index contributed by atoms with van der Waals surface area (Å²) < 4.78 is 10.2. The summed E-state index contributed by atoms with van der Waals surface area (Å²) in [5.74, 6) is 0.876. The van der Waals surface area contributed by atoms with Crippen molar-refractivity contribution in [2.45, 2.75) is 32.4 Å². The maximum Gasteiger partial charge on any atom is 0.409 e. The first kappa shape index (κ1) is 15.6. The molecule has 0 saturated carbocycles. The van der Waals surface area contributed by atoms with Crippen LogP contribution in [-0.4, -0.2) is 43.8 Å². The second-order valence-electron chi connectivity index (χ2n) is 5.19. The van der Waals surface area contributed by atoms with E-state index in [1.165, 1.54) is 5.56 Å². The molecule has 1 aromatic carbocycles. The molecule has 21 heavy (non-hydrogen) atoms. The molecule has 1 aromatic rings. The van der Waals surface area contributed by atoms with E-state index >= 15 is 0 Å². The predicted molar refractivity (Wildman–Crippen MR) is 81.5 cm³/mol. The highest BCUT2D eigenvalue weighted by Crippen LogP contribution is 2.14. The zero-order valence-corrected chi connectivity index (χ0v) is 12.8. The van der Waals surface area contributed by atoms with Crippen molar-refractivity contribution in [3.63, 3.8) is 0 Å². The van der Waals surface area contributed by atoms with E-state index in [0.29, 0.717) is 12.6 Å². The van der Waals surface area contributed by atoms with Gasteiger partial charge in [0.15, 0.2) is 0 Å². The molecular weight excluding hydrogens is 268 g/mol. The fourth-order valence-corrected chi connectivity index (χ4v) is 2.49. The number of piperidine rings is 1. The number of nitrogens with one attached hydrogen (secondary N) is 1. The molecule has 116 valence electrons. The van der Waals surface area contributed by atoms with Crippen LogP contribution in [0, 0.1) is 0 Å². The van der Waals surface area contributed by atoms with Gasteiger partial charge in [-0.1, -0.05) is 12.1 Å². The van der Waals surface area contributed by atoms with Crippen LogP contribution in [0.5, 0.6) is 5.75 Å². The molecule has 1 fully saturated rings. The molecule has 5 nitrogen and oxygen atoms in total. The molecule has 0 radical (unpaired) electrons. The molecule has 0 spiro atoms. The summed E-state index contributed by atoms with van der Waals surface area (Å²) in [7, 11) is 1.67. The zero-order valence-electron chi connectivity index (χ0n) is 12.8. The van der Waals surface area contributed by atoms with E-state index in [1.807, 2.05) is 19.1 Å². The standard InChI is InChI=1S/C16H24N2O3/c1-3-21-16(19)18-10-8-14(9-11-18)17-12-13-4-6-15(20-2)7-5-13/h4-7,14,17H,3,8-12H2,1-2H3. The minimum absolute atomic E-state index is 0.189. The summed E-state index contributed by atoms with van der Waals surface area (Å²) in [5, 5.41) is 3.55. The van der Waals surface area contributed by atoms with E-state index in [0.717, 1.165) is 38.2 Å². The lowest BCUT2D eigenvalue weighted by Crippen LogP contribution is -2.44. The largest absolute Gasteiger partial charge is 0.497 e. The van der Waals surface area contributed by atoms with Crippen LogP contribution in [0.1, 0.15) is 25.3 Å². The minimum atomic E-state index is -0.189. The number of ether oxygens (including phenoxy) is 2. The van der Waals surface area contributed by atoms with Crippen molar-refractivity contribution in [3.05, 3.63) is 29.8 Å². The van der Waals surface area contributed by atoms with Crippen molar-refractivity contribution in [1.82, 2.24) is 10.2 Å². The van der Waals surface area contributed by atoms with Gasteiger partial charge in [-0.05, 0) is 37.5 Å². The first-order valence-electron chi connectivity index (χ1n) is 7.51. The van der Waals surface area contributed by atoms with Crippen LogP contribution < -0.4 is 10.1 Å². The maximum atomic E-state index is 11.6. The van der Waals surface area contributed by atoms with Crippen LogP contribution >= 0.6 is 0 Å². The molecule has 0 bridgehead atoms. The Labute approximate surface area is 126 Å². The Morgan fingerprint density at radius 2 is 1.95 bits per heavy atom. The SMILES string of the molecule is CCOC(=O)N1CCC(NCc2ccc(OC)cc2)CC1. The quantitative estimate of drug-likeness (QED) is 0.905. The number of methoxy groups -OCH3 is 1. The number of amides is 1. The number of nitrogens with zero attached hydrogens (tertiary/aromatic N) is 1. The molecule has 0 unspecified atom stereocenters. The number of carbonyl (C=O) groups is 1. The predicted octanol–water partition coefficient (Wildman–Crippen LogP) is 2.41. The summed E-state index contributed by atoms with van der Waals surface area (Å²) >= 11 is 0. The molecule has 1 saturated heterocycles. The monoisotopic (exact) mass is 292 g/mol. The molecule has 0 aliphatic carbocycles. The Hall–Kier alpha value is -1.75. The van der Waals surface area contributed by atoms with Crippen molar-refractivity contribution in [3.8, 4) is 5.75 Å². The molecule has 0 aromatic heterocycles. The fraction of sp³-hybridized carbons (Fsp3) is 0.562. The lowest BCUT2D eigenvalue weighted by Gasteiger charge is -2.31. The van der Waals surface area contributed by atoms with Crippen molar-refractivity contribution in [1.29, 1.82) is 0 Å². The van der Waals surface area contributed by atoms with E-state index in [9.17, 15) is 4.79 Å². The Balaban J connectivity index is 1.72. The third-order valence-corrected chi connectivity index (χ3v) is 3.77. The van der Waals surface area contributed by atoms with E-state index in [4.69, 9.17) is 9.47 Å². The van der Waals surface area contributed by atoms with E-state index in [-0.39, 0.29) is 6.09 Å². The molecule has 1 aliphatic heterocycles. The topological polar surface area (TPSA) is 50.8 Å². The smallest absolute Gasteiger partial charge is 0.409 e. The molecule has 1 amide bonds. The highest BCUT2D eigenvalue weighted by Gasteiger charge is 2.22. The highest BCUT2D eigenvalue weighted by atomic mass is 16.6. The molecule has 5 heteroatoms. The van der Waals surface area contributed by atoms with Gasteiger partial charge in [-0.15, -0.1) is 0 Å². The lowest BCUT2D eigenvalue weighted by molar-refractivity contribution is 0.0950. The Morgan fingerprint density at radius 3 is 2.52 bits per heavy atom. The van der Waals surface area contributed by atoms with E-state index in [2.05, 4.69) is 17.4 Å². The van der Waals surface area contributed by atoms with Gasteiger partial charge in [0.25, 0.3) is 0 Å². The van der Waals surface area contributed by atoms with Gasteiger partial charge in [-0.3, -0.25) is 0 Å². The fourth-order valence-electron chi connectivity index (χ4n) is 2.49. The van der Waals surface area contributed by atoms with E-state index < -0.39 is 0 Å². The Morgan fingerprint density at radius 1 is 1.29 bits per heavy atom. The normalized spacial score (nSPS) is 15.8. The third kappa shape index (κ3) is 4.63. The molecule has 1 aliphatic rings. The summed E-state index contributed by atoms with van der Waals surface area (Å²) in [5.41, 5.74) is 1.24.